The Morgan fingerprint density at radius 1 is 1.35 bits per heavy atom. The molecule has 0 unspecified atom stereocenters. The number of aromatic carboxylic acids is 1. The van der Waals surface area contributed by atoms with Crippen molar-refractivity contribution in [3.8, 4) is 0 Å². The lowest BCUT2D eigenvalue weighted by molar-refractivity contribution is 0.0660. The highest BCUT2D eigenvalue weighted by Gasteiger charge is 2.10. The summed E-state index contributed by atoms with van der Waals surface area (Å²) in [6, 6.07) is 7.87. The summed E-state index contributed by atoms with van der Waals surface area (Å²) in [6.45, 7) is 2.04. The number of rotatable bonds is 3. The number of carboxylic acid groups (broad SMARTS) is 1. The van der Waals surface area contributed by atoms with E-state index >= 15 is 0 Å². The third-order valence-electron chi connectivity index (χ3n) is 2.45. The highest BCUT2D eigenvalue weighted by molar-refractivity contribution is 5.84. The van der Waals surface area contributed by atoms with Crippen LogP contribution in [0, 0.1) is 6.92 Å². The number of nitrogens with zero attached hydrogens (tertiary/aromatic N) is 1. The van der Waals surface area contributed by atoms with Gasteiger partial charge in [0.2, 0.25) is 5.76 Å². The molecule has 2 heterocycles. The molecular weight excluding hydrogens is 222 g/mol. The topological polar surface area (TPSA) is 72.4 Å². The van der Waals surface area contributed by atoms with Gasteiger partial charge < -0.3 is 14.1 Å². The lowest BCUT2D eigenvalue weighted by Crippen LogP contribution is -2.21. The van der Waals surface area contributed by atoms with Gasteiger partial charge in [0.05, 0.1) is 6.54 Å². The van der Waals surface area contributed by atoms with Crippen LogP contribution in [0.2, 0.25) is 0 Å². The minimum absolute atomic E-state index is 0.123. The van der Waals surface area contributed by atoms with Crippen molar-refractivity contribution in [2.45, 2.75) is 13.5 Å². The number of aromatic nitrogens is 1. The summed E-state index contributed by atoms with van der Waals surface area (Å²) in [5.41, 5.74) is 0.657. The smallest absolute Gasteiger partial charge is 0.371 e. The third kappa shape index (κ3) is 2.28. The van der Waals surface area contributed by atoms with Crippen LogP contribution in [0.3, 0.4) is 0 Å². The maximum Gasteiger partial charge on any atom is 0.371 e. The van der Waals surface area contributed by atoms with Gasteiger partial charge in [-0.3, -0.25) is 4.79 Å². The summed E-state index contributed by atoms with van der Waals surface area (Å²) in [7, 11) is 0. The van der Waals surface area contributed by atoms with Gasteiger partial charge in [0.15, 0.2) is 0 Å². The molecule has 2 rings (SSSR count). The zero-order chi connectivity index (χ0) is 12.4. The molecule has 5 heteroatoms. The summed E-state index contributed by atoms with van der Waals surface area (Å²) in [5, 5.41) is 8.71. The number of pyridine rings is 1. The van der Waals surface area contributed by atoms with Crippen LogP contribution in [-0.4, -0.2) is 15.6 Å². The molecule has 0 atom stereocenters. The Morgan fingerprint density at radius 3 is 2.71 bits per heavy atom. The van der Waals surface area contributed by atoms with Gasteiger partial charge in [-0.2, -0.15) is 0 Å². The van der Waals surface area contributed by atoms with Crippen molar-refractivity contribution in [1.82, 2.24) is 4.57 Å². The number of carboxylic acids is 1. The molecule has 0 aliphatic heterocycles. The third-order valence-corrected chi connectivity index (χ3v) is 2.45. The Kier molecular flexibility index (Phi) is 2.82. The van der Waals surface area contributed by atoms with E-state index < -0.39 is 5.97 Å². The molecule has 0 bridgehead atoms. The summed E-state index contributed by atoms with van der Waals surface area (Å²) in [4.78, 5) is 22.2. The molecule has 0 aliphatic carbocycles. The van der Waals surface area contributed by atoms with Gasteiger partial charge in [-0.1, -0.05) is 6.07 Å². The number of hydrogen-bond donors (Lipinski definition) is 1. The van der Waals surface area contributed by atoms with Gasteiger partial charge in [-0.05, 0) is 25.1 Å². The Bertz CT molecular complexity index is 609. The minimum atomic E-state index is -1.12. The van der Waals surface area contributed by atoms with Gasteiger partial charge >= 0.3 is 5.97 Å². The number of carbonyl (C=O) groups is 1. The second kappa shape index (κ2) is 4.29. The van der Waals surface area contributed by atoms with Crippen LogP contribution in [0.5, 0.6) is 0 Å². The fourth-order valence-electron chi connectivity index (χ4n) is 1.56. The summed E-state index contributed by atoms with van der Waals surface area (Å²) >= 11 is 0. The van der Waals surface area contributed by atoms with Crippen molar-refractivity contribution in [3.05, 3.63) is 57.9 Å². The number of aryl methyl sites for hydroxylation is 1. The Balaban J connectivity index is 2.32. The number of hydrogen-bond acceptors (Lipinski definition) is 3. The number of furan rings is 1. The second-order valence-electron chi connectivity index (χ2n) is 3.66. The largest absolute Gasteiger partial charge is 0.475 e. The predicted molar refractivity (Wildman–Crippen MR) is 60.2 cm³/mol. The molecule has 5 nitrogen and oxygen atoms in total. The van der Waals surface area contributed by atoms with Crippen molar-refractivity contribution in [2.75, 3.05) is 0 Å². The molecule has 1 N–H and O–H groups in total. The first-order chi connectivity index (χ1) is 8.08. The maximum atomic E-state index is 11.6. The first-order valence-corrected chi connectivity index (χ1v) is 5.06. The van der Waals surface area contributed by atoms with Crippen LogP contribution >= 0.6 is 0 Å². The van der Waals surface area contributed by atoms with Crippen molar-refractivity contribution in [3.63, 3.8) is 0 Å². The quantitative estimate of drug-likeness (QED) is 0.871. The van der Waals surface area contributed by atoms with Crippen LogP contribution in [0.1, 0.15) is 22.0 Å². The average molecular weight is 233 g/mol. The van der Waals surface area contributed by atoms with E-state index in [2.05, 4.69) is 0 Å². The molecule has 0 aliphatic rings. The molecule has 2 aromatic rings. The first kappa shape index (κ1) is 11.2. The molecule has 0 spiro atoms. The fourth-order valence-corrected chi connectivity index (χ4v) is 1.56. The Labute approximate surface area is 96.9 Å². The van der Waals surface area contributed by atoms with Crippen molar-refractivity contribution in [1.29, 1.82) is 0 Å². The van der Waals surface area contributed by atoms with Gasteiger partial charge in [0.25, 0.3) is 5.56 Å². The molecule has 0 saturated carbocycles. The normalized spacial score (nSPS) is 10.4. The lowest BCUT2D eigenvalue weighted by Gasteiger charge is -2.06. The Morgan fingerprint density at radius 2 is 2.12 bits per heavy atom. The predicted octanol–water partition coefficient (Wildman–Crippen LogP) is 1.50. The minimum Gasteiger partial charge on any atom is -0.475 e. The van der Waals surface area contributed by atoms with Gasteiger partial charge in [0.1, 0.15) is 5.76 Å². The van der Waals surface area contributed by atoms with Crippen molar-refractivity contribution >= 4 is 5.97 Å². The lowest BCUT2D eigenvalue weighted by atomic mass is 10.3. The molecule has 0 fully saturated rings. The standard InChI is InChI=1S/C12H11NO4/c1-8-3-2-4-11(14)13(8)7-9-5-6-10(17-9)12(15)16/h2-6H,7H2,1H3,(H,15,16). The van der Waals surface area contributed by atoms with E-state index in [0.29, 0.717) is 5.76 Å². The van der Waals surface area contributed by atoms with Crippen LogP contribution in [-0.2, 0) is 6.54 Å². The SMILES string of the molecule is Cc1cccc(=O)n1Cc1ccc(C(=O)O)o1. The molecular formula is C12H11NO4. The maximum absolute atomic E-state index is 11.6. The molecule has 0 amide bonds. The zero-order valence-electron chi connectivity index (χ0n) is 9.21. The zero-order valence-corrected chi connectivity index (χ0v) is 9.21. The summed E-state index contributed by atoms with van der Waals surface area (Å²) in [6.07, 6.45) is 0. The van der Waals surface area contributed by atoms with E-state index in [1.165, 1.54) is 16.7 Å². The second-order valence-corrected chi connectivity index (χ2v) is 3.66. The molecule has 2 aromatic heterocycles. The van der Waals surface area contributed by atoms with Crippen molar-refractivity contribution in [2.24, 2.45) is 0 Å². The molecule has 0 saturated heterocycles. The highest BCUT2D eigenvalue weighted by Crippen LogP contribution is 2.09. The van der Waals surface area contributed by atoms with E-state index in [0.717, 1.165) is 5.69 Å². The van der Waals surface area contributed by atoms with Gasteiger partial charge in [-0.25, -0.2) is 4.79 Å². The summed E-state index contributed by atoms with van der Waals surface area (Å²) < 4.78 is 6.62. The highest BCUT2D eigenvalue weighted by atomic mass is 16.4. The van der Waals surface area contributed by atoms with Crippen molar-refractivity contribution < 1.29 is 14.3 Å². The average Bonchev–Trinajstić information content (AvgIpc) is 2.72. The van der Waals surface area contributed by atoms with E-state index in [-0.39, 0.29) is 17.9 Å². The monoisotopic (exact) mass is 233 g/mol. The fraction of sp³-hybridized carbons (Fsp3) is 0.167. The van der Waals surface area contributed by atoms with E-state index in [1.807, 2.05) is 13.0 Å². The van der Waals surface area contributed by atoms with Gasteiger partial charge in [-0.15, -0.1) is 0 Å². The molecule has 0 radical (unpaired) electrons. The summed E-state index contributed by atoms with van der Waals surface area (Å²) in [5.74, 6) is -0.797. The van der Waals surface area contributed by atoms with Crippen LogP contribution < -0.4 is 5.56 Å². The van der Waals surface area contributed by atoms with E-state index in [1.54, 1.807) is 12.1 Å². The van der Waals surface area contributed by atoms with E-state index in [4.69, 9.17) is 9.52 Å². The van der Waals surface area contributed by atoms with Crippen LogP contribution in [0.25, 0.3) is 0 Å². The molecule has 88 valence electrons. The Hall–Kier alpha value is -2.30. The van der Waals surface area contributed by atoms with E-state index in [9.17, 15) is 9.59 Å². The van der Waals surface area contributed by atoms with Crippen LogP contribution in [0.4, 0.5) is 0 Å². The van der Waals surface area contributed by atoms with Crippen LogP contribution in [0.15, 0.2) is 39.5 Å². The molecule has 0 aromatic carbocycles. The van der Waals surface area contributed by atoms with Gasteiger partial charge in [0, 0.05) is 11.8 Å². The first-order valence-electron chi connectivity index (χ1n) is 5.06. The molecule has 17 heavy (non-hydrogen) atoms.